The second kappa shape index (κ2) is 9.14. The number of nitro groups is 1. The Kier molecular flexibility index (Phi) is 6.90. The van der Waals surface area contributed by atoms with Crippen LogP contribution in [0, 0.1) is 10.1 Å². The standard InChI is InChI=1S/C19H19ClN2O5/c1-3-15(13-7-5-4-6-8-13)19(24)27-12(2)18(23)21-17-10-9-14(22(25)26)11-16(17)20/h4-12,15H,3H2,1-2H3,(H,21,23). The molecule has 2 aromatic carbocycles. The summed E-state index contributed by atoms with van der Waals surface area (Å²) in [6, 6.07) is 12.9. The molecule has 0 fully saturated rings. The van der Waals surface area contributed by atoms with E-state index in [1.807, 2.05) is 37.3 Å². The number of esters is 1. The lowest BCUT2D eigenvalue weighted by atomic mass is 9.97. The van der Waals surface area contributed by atoms with E-state index >= 15 is 0 Å². The quantitative estimate of drug-likeness (QED) is 0.431. The number of nitrogens with zero attached hydrogens (tertiary/aromatic N) is 1. The summed E-state index contributed by atoms with van der Waals surface area (Å²) >= 11 is 5.95. The Bertz CT molecular complexity index is 841. The van der Waals surface area contributed by atoms with Crippen molar-refractivity contribution < 1.29 is 19.2 Å². The van der Waals surface area contributed by atoms with Gasteiger partial charge in [-0.05, 0) is 25.0 Å². The van der Waals surface area contributed by atoms with Crippen molar-refractivity contribution in [3.8, 4) is 0 Å². The van der Waals surface area contributed by atoms with Crippen LogP contribution in [0.15, 0.2) is 48.5 Å². The van der Waals surface area contributed by atoms with Gasteiger partial charge in [-0.2, -0.15) is 0 Å². The van der Waals surface area contributed by atoms with Gasteiger partial charge in [0.25, 0.3) is 11.6 Å². The summed E-state index contributed by atoms with van der Waals surface area (Å²) < 4.78 is 5.29. The molecular weight excluding hydrogens is 372 g/mol. The highest BCUT2D eigenvalue weighted by molar-refractivity contribution is 6.34. The maximum atomic E-state index is 12.4. The van der Waals surface area contributed by atoms with Crippen LogP contribution in [0.3, 0.4) is 0 Å². The Hall–Kier alpha value is -2.93. The van der Waals surface area contributed by atoms with Crippen molar-refractivity contribution >= 4 is 34.9 Å². The third-order valence-electron chi connectivity index (χ3n) is 3.98. The van der Waals surface area contributed by atoms with Crippen LogP contribution in [-0.4, -0.2) is 22.9 Å². The maximum absolute atomic E-state index is 12.4. The lowest BCUT2D eigenvalue weighted by Gasteiger charge is -2.18. The molecule has 2 rings (SSSR count). The molecule has 2 unspecified atom stereocenters. The number of hydrogen-bond donors (Lipinski definition) is 1. The van der Waals surface area contributed by atoms with Gasteiger partial charge in [-0.3, -0.25) is 19.7 Å². The van der Waals surface area contributed by atoms with Gasteiger partial charge in [0.05, 0.1) is 21.6 Å². The first-order chi connectivity index (χ1) is 12.8. The maximum Gasteiger partial charge on any atom is 0.314 e. The summed E-state index contributed by atoms with van der Waals surface area (Å²) in [5.41, 5.74) is 0.826. The minimum Gasteiger partial charge on any atom is -0.452 e. The van der Waals surface area contributed by atoms with E-state index in [1.54, 1.807) is 0 Å². The molecule has 0 aliphatic rings. The second-order valence-electron chi connectivity index (χ2n) is 5.86. The van der Waals surface area contributed by atoms with Gasteiger partial charge in [0.15, 0.2) is 6.10 Å². The van der Waals surface area contributed by atoms with Crippen molar-refractivity contribution in [3.63, 3.8) is 0 Å². The summed E-state index contributed by atoms with van der Waals surface area (Å²) in [7, 11) is 0. The number of ether oxygens (including phenoxy) is 1. The predicted molar refractivity (Wildman–Crippen MR) is 102 cm³/mol. The van der Waals surface area contributed by atoms with Crippen molar-refractivity contribution in [1.29, 1.82) is 0 Å². The van der Waals surface area contributed by atoms with Gasteiger partial charge in [-0.25, -0.2) is 0 Å². The van der Waals surface area contributed by atoms with Gasteiger partial charge in [0.2, 0.25) is 0 Å². The fourth-order valence-corrected chi connectivity index (χ4v) is 2.71. The molecule has 0 aromatic heterocycles. The van der Waals surface area contributed by atoms with Gasteiger partial charge in [0, 0.05) is 12.1 Å². The highest BCUT2D eigenvalue weighted by Gasteiger charge is 2.25. The Morgan fingerprint density at radius 3 is 2.44 bits per heavy atom. The van der Waals surface area contributed by atoms with Gasteiger partial charge < -0.3 is 10.1 Å². The largest absolute Gasteiger partial charge is 0.452 e. The molecule has 0 bridgehead atoms. The molecular formula is C19H19ClN2O5. The van der Waals surface area contributed by atoms with Crippen LogP contribution >= 0.6 is 11.6 Å². The van der Waals surface area contributed by atoms with E-state index < -0.39 is 28.8 Å². The monoisotopic (exact) mass is 390 g/mol. The zero-order chi connectivity index (χ0) is 20.0. The van der Waals surface area contributed by atoms with E-state index in [9.17, 15) is 19.7 Å². The first kappa shape index (κ1) is 20.4. The fourth-order valence-electron chi connectivity index (χ4n) is 2.49. The number of halogens is 1. The van der Waals surface area contributed by atoms with Crippen molar-refractivity contribution in [2.45, 2.75) is 32.3 Å². The zero-order valence-electron chi connectivity index (χ0n) is 14.8. The third kappa shape index (κ3) is 5.27. The van der Waals surface area contributed by atoms with Gasteiger partial charge in [-0.15, -0.1) is 0 Å². The van der Waals surface area contributed by atoms with E-state index in [2.05, 4.69) is 5.32 Å². The number of rotatable bonds is 7. The van der Waals surface area contributed by atoms with Crippen LogP contribution in [0.25, 0.3) is 0 Å². The SMILES string of the molecule is CCC(C(=O)OC(C)C(=O)Nc1ccc([N+](=O)[O-])cc1Cl)c1ccccc1. The Labute approximate surface area is 161 Å². The molecule has 0 spiro atoms. The average Bonchev–Trinajstić information content (AvgIpc) is 2.64. The Morgan fingerprint density at radius 2 is 1.89 bits per heavy atom. The normalized spacial score (nSPS) is 12.7. The van der Waals surface area contributed by atoms with Crippen molar-refractivity contribution in [1.82, 2.24) is 0 Å². The lowest BCUT2D eigenvalue weighted by molar-refractivity contribution is -0.384. The van der Waals surface area contributed by atoms with Gasteiger partial charge >= 0.3 is 5.97 Å². The van der Waals surface area contributed by atoms with Crippen LogP contribution in [0.4, 0.5) is 11.4 Å². The number of amides is 1. The first-order valence-corrected chi connectivity index (χ1v) is 8.71. The van der Waals surface area contributed by atoms with Crippen molar-refractivity contribution in [2.75, 3.05) is 5.32 Å². The van der Waals surface area contributed by atoms with Crippen LogP contribution in [0.5, 0.6) is 0 Å². The summed E-state index contributed by atoms with van der Waals surface area (Å²) in [6.07, 6.45) is -0.521. The molecule has 1 N–H and O–H groups in total. The molecule has 27 heavy (non-hydrogen) atoms. The summed E-state index contributed by atoms with van der Waals surface area (Å²) in [5.74, 6) is -1.55. The molecule has 142 valence electrons. The van der Waals surface area contributed by atoms with E-state index in [0.29, 0.717) is 6.42 Å². The average molecular weight is 391 g/mol. The second-order valence-corrected chi connectivity index (χ2v) is 6.27. The summed E-state index contributed by atoms with van der Waals surface area (Å²) in [4.78, 5) is 34.9. The molecule has 8 heteroatoms. The number of anilines is 1. The van der Waals surface area contributed by atoms with Crippen molar-refractivity contribution in [3.05, 3.63) is 69.2 Å². The number of non-ortho nitro benzene ring substituents is 1. The van der Waals surface area contributed by atoms with Crippen molar-refractivity contribution in [2.24, 2.45) is 0 Å². The molecule has 0 aliphatic carbocycles. The predicted octanol–water partition coefficient (Wildman–Crippen LogP) is 4.31. The first-order valence-electron chi connectivity index (χ1n) is 8.33. The van der Waals surface area contributed by atoms with E-state index in [0.717, 1.165) is 11.6 Å². The van der Waals surface area contributed by atoms with Gasteiger partial charge in [0.1, 0.15) is 0 Å². The van der Waals surface area contributed by atoms with E-state index in [4.69, 9.17) is 16.3 Å². The van der Waals surface area contributed by atoms with E-state index in [-0.39, 0.29) is 16.4 Å². The summed E-state index contributed by atoms with van der Waals surface area (Å²) in [5, 5.41) is 13.3. The molecule has 0 radical (unpaired) electrons. The van der Waals surface area contributed by atoms with E-state index in [1.165, 1.54) is 19.1 Å². The smallest absolute Gasteiger partial charge is 0.314 e. The van der Waals surface area contributed by atoms with Crippen LogP contribution in [0.2, 0.25) is 5.02 Å². The summed E-state index contributed by atoms with van der Waals surface area (Å²) in [6.45, 7) is 3.31. The number of nitro benzene ring substituents is 1. The van der Waals surface area contributed by atoms with Crippen LogP contribution in [-0.2, 0) is 14.3 Å². The Balaban J connectivity index is 2.03. The number of nitrogens with one attached hydrogen (secondary N) is 1. The highest BCUT2D eigenvalue weighted by atomic mass is 35.5. The number of benzene rings is 2. The molecule has 0 saturated heterocycles. The van der Waals surface area contributed by atoms with Crippen LogP contribution < -0.4 is 5.32 Å². The zero-order valence-corrected chi connectivity index (χ0v) is 15.6. The van der Waals surface area contributed by atoms with Gasteiger partial charge in [-0.1, -0.05) is 48.9 Å². The fraction of sp³-hybridized carbons (Fsp3) is 0.263. The third-order valence-corrected chi connectivity index (χ3v) is 4.29. The number of hydrogen-bond acceptors (Lipinski definition) is 5. The highest BCUT2D eigenvalue weighted by Crippen LogP contribution is 2.27. The molecule has 1 amide bonds. The molecule has 2 atom stereocenters. The molecule has 0 heterocycles. The minimum atomic E-state index is -1.05. The topological polar surface area (TPSA) is 98.5 Å². The Morgan fingerprint density at radius 1 is 1.22 bits per heavy atom. The molecule has 7 nitrogen and oxygen atoms in total. The number of carbonyl (C=O) groups is 2. The minimum absolute atomic E-state index is 0.0202. The van der Waals surface area contributed by atoms with Crippen LogP contribution in [0.1, 0.15) is 31.7 Å². The lowest BCUT2D eigenvalue weighted by Crippen LogP contribution is -2.31. The molecule has 2 aromatic rings. The number of carbonyl (C=O) groups excluding carboxylic acids is 2. The molecule has 0 saturated carbocycles. The molecule has 0 aliphatic heterocycles.